The maximum absolute atomic E-state index is 14.2. The molecule has 3 heterocycles. The molecule has 0 radical (unpaired) electrons. The lowest BCUT2D eigenvalue weighted by Gasteiger charge is -2.33. The second kappa shape index (κ2) is 7.14. The van der Waals surface area contributed by atoms with Crippen LogP contribution < -0.4 is 0 Å². The van der Waals surface area contributed by atoms with Crippen molar-refractivity contribution < 1.29 is 13.7 Å². The van der Waals surface area contributed by atoms with Crippen molar-refractivity contribution in [2.75, 3.05) is 19.8 Å². The zero-order valence-electron chi connectivity index (χ0n) is 14.1. The number of benzene rings is 1. The highest BCUT2D eigenvalue weighted by Crippen LogP contribution is 2.29. The van der Waals surface area contributed by atoms with Crippen molar-refractivity contribution in [1.82, 2.24) is 24.8 Å². The van der Waals surface area contributed by atoms with E-state index in [1.165, 1.54) is 6.07 Å². The first-order chi connectivity index (χ1) is 12.6. The zero-order chi connectivity index (χ0) is 18.1. The number of hydrogen-bond donors (Lipinski definition) is 0. The quantitative estimate of drug-likeness (QED) is 0.696. The van der Waals surface area contributed by atoms with E-state index in [2.05, 4.69) is 15.2 Å². The Hall–Kier alpha value is -2.29. The van der Waals surface area contributed by atoms with E-state index in [4.69, 9.17) is 20.9 Å². The molecule has 9 heteroatoms. The molecular formula is C17H17ClFN5O2. The van der Waals surface area contributed by atoms with Crippen LogP contribution in [0.5, 0.6) is 0 Å². The summed E-state index contributed by atoms with van der Waals surface area (Å²) in [6.45, 7) is 1.91. The molecule has 0 aliphatic carbocycles. The summed E-state index contributed by atoms with van der Waals surface area (Å²) < 4.78 is 26.8. The first kappa shape index (κ1) is 17.1. The van der Waals surface area contributed by atoms with Crippen molar-refractivity contribution in [3.8, 4) is 11.5 Å². The number of morpholine rings is 1. The minimum absolute atomic E-state index is 0.242. The van der Waals surface area contributed by atoms with Gasteiger partial charge in [0.2, 0.25) is 0 Å². The number of nitrogens with zero attached hydrogens (tertiary/aromatic N) is 5. The molecule has 26 heavy (non-hydrogen) atoms. The first-order valence-electron chi connectivity index (χ1n) is 8.19. The first-order valence-corrected chi connectivity index (χ1v) is 8.57. The van der Waals surface area contributed by atoms with E-state index in [9.17, 15) is 4.39 Å². The summed E-state index contributed by atoms with van der Waals surface area (Å²) in [6, 6.07) is 4.45. The molecular weight excluding hydrogens is 361 g/mol. The molecule has 136 valence electrons. The molecule has 7 nitrogen and oxygen atoms in total. The SMILES string of the molecule is Cn1cc(-c2nc([C@H]3COCCN3Cc3c(F)cccc3Cl)no2)cn1. The zero-order valence-corrected chi connectivity index (χ0v) is 14.9. The summed E-state index contributed by atoms with van der Waals surface area (Å²) in [5.74, 6) is 0.561. The van der Waals surface area contributed by atoms with Crippen LogP contribution in [0.1, 0.15) is 17.4 Å². The Morgan fingerprint density at radius 3 is 3.04 bits per heavy atom. The van der Waals surface area contributed by atoms with Crippen molar-refractivity contribution in [2.45, 2.75) is 12.6 Å². The number of ether oxygens (including phenoxy) is 1. The van der Waals surface area contributed by atoms with Gasteiger partial charge in [-0.2, -0.15) is 10.1 Å². The van der Waals surface area contributed by atoms with Crippen LogP contribution in [0.4, 0.5) is 4.39 Å². The summed E-state index contributed by atoms with van der Waals surface area (Å²) in [5, 5.41) is 8.60. The Morgan fingerprint density at radius 2 is 2.27 bits per heavy atom. The van der Waals surface area contributed by atoms with Gasteiger partial charge in [0.05, 0.1) is 31.0 Å². The van der Waals surface area contributed by atoms with Gasteiger partial charge in [0, 0.05) is 36.9 Å². The number of aryl methyl sites for hydroxylation is 1. The maximum atomic E-state index is 14.2. The fraction of sp³-hybridized carbons (Fsp3) is 0.353. The lowest BCUT2D eigenvalue weighted by Crippen LogP contribution is -2.39. The standard InChI is InChI=1S/C17H17ClFN5O2/c1-23-8-11(7-20-23)17-21-16(22-26-17)15-10-25-6-5-24(15)9-12-13(18)3-2-4-14(12)19/h2-4,7-8,15H,5-6,9-10H2,1H3/t15-/m1/s1. The molecule has 1 aliphatic rings. The van der Waals surface area contributed by atoms with E-state index in [-0.39, 0.29) is 11.9 Å². The Labute approximate surface area is 154 Å². The number of hydrogen-bond acceptors (Lipinski definition) is 6. The van der Waals surface area contributed by atoms with Gasteiger partial charge in [-0.15, -0.1) is 0 Å². The predicted molar refractivity (Wildman–Crippen MR) is 91.9 cm³/mol. The van der Waals surface area contributed by atoms with Crippen LogP contribution in [0.15, 0.2) is 35.1 Å². The van der Waals surface area contributed by atoms with Crippen LogP contribution in [0.3, 0.4) is 0 Å². The van der Waals surface area contributed by atoms with Gasteiger partial charge in [-0.25, -0.2) is 4.39 Å². The molecule has 1 saturated heterocycles. The van der Waals surface area contributed by atoms with Crippen LogP contribution in [-0.2, 0) is 18.3 Å². The molecule has 0 amide bonds. The molecule has 1 fully saturated rings. The van der Waals surface area contributed by atoms with Crippen molar-refractivity contribution >= 4 is 11.6 Å². The number of aromatic nitrogens is 4. The van der Waals surface area contributed by atoms with E-state index >= 15 is 0 Å². The van der Waals surface area contributed by atoms with Crippen LogP contribution in [0.2, 0.25) is 5.02 Å². The number of halogens is 2. The predicted octanol–water partition coefficient (Wildman–Crippen LogP) is 2.84. The summed E-state index contributed by atoms with van der Waals surface area (Å²) >= 11 is 6.17. The van der Waals surface area contributed by atoms with Gasteiger partial charge in [-0.1, -0.05) is 22.8 Å². The van der Waals surface area contributed by atoms with E-state index in [1.54, 1.807) is 29.2 Å². The molecule has 0 bridgehead atoms. The summed E-state index contributed by atoms with van der Waals surface area (Å²) in [5.41, 5.74) is 1.20. The van der Waals surface area contributed by atoms with Crippen molar-refractivity contribution in [2.24, 2.45) is 7.05 Å². The van der Waals surface area contributed by atoms with Crippen LogP contribution in [-0.4, -0.2) is 44.6 Å². The number of rotatable bonds is 4. The Kier molecular flexibility index (Phi) is 4.71. The molecule has 0 N–H and O–H groups in total. The van der Waals surface area contributed by atoms with Crippen molar-refractivity contribution in [3.05, 3.63) is 52.8 Å². The lowest BCUT2D eigenvalue weighted by molar-refractivity contribution is -0.0170. The second-order valence-electron chi connectivity index (χ2n) is 6.12. The third-order valence-corrected chi connectivity index (χ3v) is 4.71. The fourth-order valence-electron chi connectivity index (χ4n) is 2.97. The van der Waals surface area contributed by atoms with Crippen LogP contribution >= 0.6 is 11.6 Å². The highest BCUT2D eigenvalue weighted by molar-refractivity contribution is 6.31. The summed E-state index contributed by atoms with van der Waals surface area (Å²) in [6.07, 6.45) is 3.46. The van der Waals surface area contributed by atoms with E-state index in [0.29, 0.717) is 48.6 Å². The van der Waals surface area contributed by atoms with Crippen LogP contribution in [0.25, 0.3) is 11.5 Å². The van der Waals surface area contributed by atoms with Gasteiger partial charge in [0.15, 0.2) is 5.82 Å². The van der Waals surface area contributed by atoms with Crippen LogP contribution in [0, 0.1) is 5.82 Å². The molecule has 3 aromatic rings. The summed E-state index contributed by atoms with van der Waals surface area (Å²) in [7, 11) is 1.82. The molecule has 4 rings (SSSR count). The topological polar surface area (TPSA) is 69.2 Å². The van der Waals surface area contributed by atoms with Gasteiger partial charge < -0.3 is 9.26 Å². The van der Waals surface area contributed by atoms with Gasteiger partial charge in [0.1, 0.15) is 5.82 Å². The smallest absolute Gasteiger partial charge is 0.261 e. The maximum Gasteiger partial charge on any atom is 0.261 e. The molecule has 1 aromatic carbocycles. The average molecular weight is 378 g/mol. The highest BCUT2D eigenvalue weighted by atomic mass is 35.5. The van der Waals surface area contributed by atoms with E-state index in [1.807, 2.05) is 11.9 Å². The molecule has 0 unspecified atom stereocenters. The normalized spacial score (nSPS) is 18.3. The molecule has 0 saturated carbocycles. The Balaban J connectivity index is 1.59. The Morgan fingerprint density at radius 1 is 1.38 bits per heavy atom. The van der Waals surface area contributed by atoms with Crippen molar-refractivity contribution in [1.29, 1.82) is 0 Å². The van der Waals surface area contributed by atoms with E-state index in [0.717, 1.165) is 5.56 Å². The molecule has 1 aliphatic heterocycles. The van der Waals surface area contributed by atoms with Gasteiger partial charge >= 0.3 is 0 Å². The van der Waals surface area contributed by atoms with Gasteiger partial charge in [0.25, 0.3) is 5.89 Å². The average Bonchev–Trinajstić information content (AvgIpc) is 3.28. The highest BCUT2D eigenvalue weighted by Gasteiger charge is 2.30. The Bertz CT molecular complexity index is 892. The molecule has 0 spiro atoms. The second-order valence-corrected chi connectivity index (χ2v) is 6.53. The largest absolute Gasteiger partial charge is 0.378 e. The van der Waals surface area contributed by atoms with Crippen molar-refractivity contribution in [3.63, 3.8) is 0 Å². The van der Waals surface area contributed by atoms with E-state index < -0.39 is 0 Å². The third kappa shape index (κ3) is 3.35. The summed E-state index contributed by atoms with van der Waals surface area (Å²) in [4.78, 5) is 6.52. The lowest BCUT2D eigenvalue weighted by atomic mass is 10.1. The van der Waals surface area contributed by atoms with Gasteiger partial charge in [-0.3, -0.25) is 9.58 Å². The minimum Gasteiger partial charge on any atom is -0.378 e. The molecule has 1 atom stereocenters. The minimum atomic E-state index is -0.327. The molecule has 2 aromatic heterocycles. The monoisotopic (exact) mass is 377 g/mol. The third-order valence-electron chi connectivity index (χ3n) is 4.35. The van der Waals surface area contributed by atoms with Gasteiger partial charge in [-0.05, 0) is 12.1 Å². The fourth-order valence-corrected chi connectivity index (χ4v) is 3.19.